The van der Waals surface area contributed by atoms with Gasteiger partial charge in [0.15, 0.2) is 0 Å². The number of thiophene rings is 1. The number of methoxy groups -OCH3 is 1. The van der Waals surface area contributed by atoms with Gasteiger partial charge in [-0.2, -0.15) is 0 Å². The van der Waals surface area contributed by atoms with Crippen molar-refractivity contribution in [3.63, 3.8) is 0 Å². The minimum absolute atomic E-state index is 0.0401. The van der Waals surface area contributed by atoms with Gasteiger partial charge in [-0.25, -0.2) is 0 Å². The fourth-order valence-corrected chi connectivity index (χ4v) is 3.67. The molecule has 0 spiro atoms. The summed E-state index contributed by atoms with van der Waals surface area (Å²) in [5.74, 6) is 0.859. The van der Waals surface area contributed by atoms with E-state index in [-0.39, 0.29) is 5.91 Å². The molecule has 23 heavy (non-hydrogen) atoms. The van der Waals surface area contributed by atoms with Gasteiger partial charge in [0.1, 0.15) is 5.75 Å². The molecule has 0 saturated carbocycles. The van der Waals surface area contributed by atoms with Crippen LogP contribution < -0.4 is 10.1 Å². The number of halogens is 1. The van der Waals surface area contributed by atoms with Gasteiger partial charge < -0.3 is 10.1 Å². The molecule has 0 bridgehead atoms. The number of benzene rings is 1. The fraction of sp³-hybridized carbons (Fsp3) is 0.353. The molecule has 0 atom stereocenters. The molecule has 0 unspecified atom stereocenters. The van der Waals surface area contributed by atoms with Gasteiger partial charge in [0, 0.05) is 18.0 Å². The molecule has 0 fully saturated rings. The van der Waals surface area contributed by atoms with Crippen LogP contribution in [-0.4, -0.2) is 31.0 Å². The minimum atomic E-state index is 0.0401. The smallest absolute Gasteiger partial charge is 0.234 e. The quantitative estimate of drug-likeness (QED) is 0.739. The molecule has 1 heterocycles. The van der Waals surface area contributed by atoms with E-state index < -0.39 is 0 Å². The number of amides is 1. The number of carbonyl (C=O) groups is 1. The van der Waals surface area contributed by atoms with Crippen molar-refractivity contribution in [2.24, 2.45) is 0 Å². The van der Waals surface area contributed by atoms with Crippen LogP contribution in [0.15, 0.2) is 40.2 Å². The van der Waals surface area contributed by atoms with Crippen molar-refractivity contribution in [2.45, 2.75) is 20.0 Å². The molecule has 0 radical (unpaired) electrons. The van der Waals surface area contributed by atoms with Crippen LogP contribution >= 0.6 is 27.3 Å². The number of likely N-dealkylation sites (N-methyl/N-ethyl adjacent to an activating group) is 1. The van der Waals surface area contributed by atoms with Crippen LogP contribution in [0.5, 0.6) is 5.75 Å². The van der Waals surface area contributed by atoms with Crippen LogP contribution in [0, 0.1) is 0 Å². The molecule has 1 amide bonds. The van der Waals surface area contributed by atoms with Crippen molar-refractivity contribution < 1.29 is 9.53 Å². The van der Waals surface area contributed by atoms with Gasteiger partial charge in [-0.15, -0.1) is 11.3 Å². The first-order valence-corrected chi connectivity index (χ1v) is 9.08. The highest BCUT2D eigenvalue weighted by molar-refractivity contribution is 9.11. The fourth-order valence-electron chi connectivity index (χ4n) is 2.14. The van der Waals surface area contributed by atoms with Gasteiger partial charge in [-0.05, 0) is 52.3 Å². The van der Waals surface area contributed by atoms with E-state index in [1.165, 1.54) is 4.88 Å². The Morgan fingerprint density at radius 2 is 2.00 bits per heavy atom. The lowest BCUT2D eigenvalue weighted by Crippen LogP contribution is -2.36. The van der Waals surface area contributed by atoms with E-state index in [1.807, 2.05) is 30.3 Å². The summed E-state index contributed by atoms with van der Waals surface area (Å²) in [6.07, 6.45) is 0. The Kier molecular flexibility index (Phi) is 7.08. The van der Waals surface area contributed by atoms with Gasteiger partial charge in [0.2, 0.25) is 5.91 Å². The maximum Gasteiger partial charge on any atom is 0.234 e. The Labute approximate surface area is 149 Å². The maximum atomic E-state index is 12.1. The molecular formula is C17H21BrN2O2S. The van der Waals surface area contributed by atoms with E-state index in [1.54, 1.807) is 18.4 Å². The normalized spacial score (nSPS) is 10.8. The predicted octanol–water partition coefficient (Wildman–Crippen LogP) is 3.66. The van der Waals surface area contributed by atoms with Crippen LogP contribution in [0.25, 0.3) is 0 Å². The minimum Gasteiger partial charge on any atom is -0.497 e. The molecule has 0 aliphatic rings. The summed E-state index contributed by atoms with van der Waals surface area (Å²) >= 11 is 5.17. The number of ether oxygens (including phenoxy) is 1. The maximum absolute atomic E-state index is 12.1. The lowest BCUT2D eigenvalue weighted by molar-refractivity contribution is -0.122. The summed E-state index contributed by atoms with van der Waals surface area (Å²) in [4.78, 5) is 15.5. The number of hydrogen-bond donors (Lipinski definition) is 1. The topological polar surface area (TPSA) is 41.6 Å². The Bertz CT molecular complexity index is 628. The lowest BCUT2D eigenvalue weighted by Gasteiger charge is -2.19. The molecule has 1 aromatic heterocycles. The molecule has 4 nitrogen and oxygen atoms in total. The summed E-state index contributed by atoms with van der Waals surface area (Å²) in [5, 5.41) is 2.96. The average molecular weight is 397 g/mol. The summed E-state index contributed by atoms with van der Waals surface area (Å²) in [5.41, 5.74) is 1.06. The molecule has 0 aliphatic heterocycles. The Morgan fingerprint density at radius 1 is 1.26 bits per heavy atom. The first-order chi connectivity index (χ1) is 11.1. The Balaban J connectivity index is 1.79. The highest BCUT2D eigenvalue weighted by Crippen LogP contribution is 2.23. The SMILES string of the molecule is CCN(CC(=O)NCc1ccc(OC)cc1)Cc1ccc(Br)s1. The van der Waals surface area contributed by atoms with Gasteiger partial charge in [0.25, 0.3) is 0 Å². The number of rotatable bonds is 8. The third-order valence-corrected chi connectivity index (χ3v) is 5.08. The Hall–Kier alpha value is -1.37. The van der Waals surface area contributed by atoms with Crippen LogP contribution in [0.2, 0.25) is 0 Å². The van der Waals surface area contributed by atoms with E-state index in [4.69, 9.17) is 4.74 Å². The largest absolute Gasteiger partial charge is 0.497 e. The highest BCUT2D eigenvalue weighted by atomic mass is 79.9. The third-order valence-electron chi connectivity index (χ3n) is 3.47. The average Bonchev–Trinajstić information content (AvgIpc) is 2.97. The van der Waals surface area contributed by atoms with Crippen LogP contribution in [-0.2, 0) is 17.9 Å². The number of hydrogen-bond acceptors (Lipinski definition) is 4. The zero-order valence-corrected chi connectivity index (χ0v) is 15.7. The summed E-state index contributed by atoms with van der Waals surface area (Å²) in [6, 6.07) is 11.8. The molecular weight excluding hydrogens is 376 g/mol. The second-order valence-corrected chi connectivity index (χ2v) is 7.68. The monoisotopic (exact) mass is 396 g/mol. The standard InChI is InChI=1S/C17H21BrN2O2S/c1-3-20(11-15-8-9-16(18)23-15)12-17(21)19-10-13-4-6-14(22-2)7-5-13/h4-9H,3,10-12H2,1-2H3,(H,19,21). The van der Waals surface area contributed by atoms with Crippen LogP contribution in [0.4, 0.5) is 0 Å². The third kappa shape index (κ3) is 5.97. The lowest BCUT2D eigenvalue weighted by atomic mass is 10.2. The second-order valence-electron chi connectivity index (χ2n) is 5.13. The number of nitrogens with one attached hydrogen (secondary N) is 1. The van der Waals surface area contributed by atoms with Crippen molar-refractivity contribution in [3.8, 4) is 5.75 Å². The van der Waals surface area contributed by atoms with E-state index in [9.17, 15) is 4.79 Å². The summed E-state index contributed by atoms with van der Waals surface area (Å²) in [6.45, 7) is 4.64. The van der Waals surface area contributed by atoms with Crippen molar-refractivity contribution >= 4 is 33.2 Å². The number of carbonyl (C=O) groups excluding carboxylic acids is 1. The van der Waals surface area contributed by atoms with Gasteiger partial charge in [0.05, 0.1) is 17.4 Å². The molecule has 124 valence electrons. The van der Waals surface area contributed by atoms with E-state index in [0.717, 1.165) is 28.2 Å². The van der Waals surface area contributed by atoms with Crippen LogP contribution in [0.3, 0.4) is 0 Å². The Morgan fingerprint density at radius 3 is 2.57 bits per heavy atom. The van der Waals surface area contributed by atoms with E-state index in [2.05, 4.69) is 39.1 Å². The first kappa shape index (κ1) is 18.0. The van der Waals surface area contributed by atoms with Crippen molar-refractivity contribution in [1.82, 2.24) is 10.2 Å². The van der Waals surface area contributed by atoms with Crippen molar-refractivity contribution in [2.75, 3.05) is 20.2 Å². The molecule has 1 N–H and O–H groups in total. The van der Waals surface area contributed by atoms with Crippen molar-refractivity contribution in [1.29, 1.82) is 0 Å². The van der Waals surface area contributed by atoms with Gasteiger partial charge in [-0.3, -0.25) is 9.69 Å². The van der Waals surface area contributed by atoms with E-state index >= 15 is 0 Å². The van der Waals surface area contributed by atoms with Gasteiger partial charge in [-0.1, -0.05) is 19.1 Å². The summed E-state index contributed by atoms with van der Waals surface area (Å²) < 4.78 is 6.24. The summed E-state index contributed by atoms with van der Waals surface area (Å²) in [7, 11) is 1.64. The highest BCUT2D eigenvalue weighted by Gasteiger charge is 2.10. The number of nitrogens with zero attached hydrogens (tertiary/aromatic N) is 1. The molecule has 2 rings (SSSR count). The zero-order chi connectivity index (χ0) is 16.7. The van der Waals surface area contributed by atoms with Crippen molar-refractivity contribution in [3.05, 3.63) is 50.6 Å². The first-order valence-electron chi connectivity index (χ1n) is 7.47. The van der Waals surface area contributed by atoms with E-state index in [0.29, 0.717) is 13.1 Å². The predicted molar refractivity (Wildman–Crippen MR) is 97.8 cm³/mol. The molecule has 0 saturated heterocycles. The zero-order valence-electron chi connectivity index (χ0n) is 13.3. The van der Waals surface area contributed by atoms with Gasteiger partial charge >= 0.3 is 0 Å². The second kappa shape index (κ2) is 9.05. The molecule has 2 aromatic rings. The molecule has 1 aromatic carbocycles. The molecule has 6 heteroatoms. The van der Waals surface area contributed by atoms with Crippen LogP contribution in [0.1, 0.15) is 17.4 Å². The molecule has 0 aliphatic carbocycles.